The number of sulfonamides is 1. The van der Waals surface area contributed by atoms with Gasteiger partial charge in [-0.1, -0.05) is 18.0 Å². The summed E-state index contributed by atoms with van der Waals surface area (Å²) in [4.78, 5) is 6.87. The van der Waals surface area contributed by atoms with Crippen LogP contribution in [0.3, 0.4) is 0 Å². The van der Waals surface area contributed by atoms with E-state index in [4.69, 9.17) is 22.1 Å². The van der Waals surface area contributed by atoms with Gasteiger partial charge in [-0.05, 0) is 37.5 Å². The van der Waals surface area contributed by atoms with Crippen molar-refractivity contribution in [1.82, 2.24) is 20.2 Å². The molecule has 0 spiro atoms. The van der Waals surface area contributed by atoms with Crippen LogP contribution in [0.15, 0.2) is 41.8 Å². The van der Waals surface area contributed by atoms with Crippen LogP contribution in [-0.2, 0) is 10.0 Å². The van der Waals surface area contributed by atoms with Gasteiger partial charge in [0.1, 0.15) is 39.7 Å². The fraction of sp³-hybridized carbons (Fsp3) is 0.316. The fourth-order valence-electron chi connectivity index (χ4n) is 3.71. The van der Waals surface area contributed by atoms with E-state index in [-0.39, 0.29) is 23.6 Å². The molecule has 1 saturated carbocycles. The lowest BCUT2D eigenvalue weighted by atomic mass is 9.82. The van der Waals surface area contributed by atoms with Crippen LogP contribution >= 0.6 is 11.6 Å². The second kappa shape index (κ2) is 8.67. The molecule has 2 atom stereocenters. The molecule has 0 aliphatic heterocycles. The zero-order valence-electron chi connectivity index (χ0n) is 16.3. The standard InChI is InChI=1S/C19H20ClFN6O3S/c20-17-14(30-13-4-2-1-3-11(13)12-9-25-26-19(12)22)5-6-15(18(17)21)31(28,29)27-16-7-8-23-10-24-16/h5-11,13H,1-4H2,(H3,22,25,26)(H,23,24,27). The molecule has 2 aromatic heterocycles. The summed E-state index contributed by atoms with van der Waals surface area (Å²) in [6, 6.07) is 3.81. The fourth-order valence-corrected chi connectivity index (χ4v) is 5.07. The Morgan fingerprint density at radius 1 is 1.26 bits per heavy atom. The molecule has 1 fully saturated rings. The number of hydrogen-bond donors (Lipinski definition) is 3. The number of aromatic amines is 1. The molecule has 31 heavy (non-hydrogen) atoms. The number of anilines is 2. The van der Waals surface area contributed by atoms with Crippen LogP contribution in [0.5, 0.6) is 5.75 Å². The van der Waals surface area contributed by atoms with Gasteiger partial charge in [0.15, 0.2) is 5.82 Å². The first-order valence-electron chi connectivity index (χ1n) is 9.59. The van der Waals surface area contributed by atoms with E-state index in [0.717, 1.165) is 37.3 Å². The van der Waals surface area contributed by atoms with E-state index >= 15 is 0 Å². The summed E-state index contributed by atoms with van der Waals surface area (Å²) in [6.07, 6.45) is 7.40. The minimum atomic E-state index is -4.25. The Morgan fingerprint density at radius 2 is 2.06 bits per heavy atom. The number of rotatable bonds is 6. The first kappa shape index (κ1) is 21.3. The Morgan fingerprint density at radius 3 is 2.77 bits per heavy atom. The summed E-state index contributed by atoms with van der Waals surface area (Å²) in [7, 11) is -4.25. The van der Waals surface area contributed by atoms with Crippen molar-refractivity contribution in [3.8, 4) is 5.75 Å². The van der Waals surface area contributed by atoms with Crippen LogP contribution in [-0.4, -0.2) is 34.7 Å². The smallest absolute Gasteiger partial charge is 0.266 e. The molecule has 2 heterocycles. The predicted molar refractivity (Wildman–Crippen MR) is 113 cm³/mol. The summed E-state index contributed by atoms with van der Waals surface area (Å²) >= 11 is 6.17. The maximum atomic E-state index is 15.0. The zero-order chi connectivity index (χ0) is 22.0. The van der Waals surface area contributed by atoms with Crippen molar-refractivity contribution < 1.29 is 17.5 Å². The third-order valence-electron chi connectivity index (χ3n) is 5.20. The topological polar surface area (TPSA) is 136 Å². The van der Waals surface area contributed by atoms with Crippen molar-refractivity contribution in [2.24, 2.45) is 0 Å². The van der Waals surface area contributed by atoms with Gasteiger partial charge in [0, 0.05) is 17.7 Å². The molecule has 0 saturated heterocycles. The quantitative estimate of drug-likeness (QED) is 0.505. The summed E-state index contributed by atoms with van der Waals surface area (Å²) in [5.41, 5.74) is 6.81. The van der Waals surface area contributed by atoms with Crippen LogP contribution in [0.1, 0.15) is 37.2 Å². The van der Waals surface area contributed by atoms with Gasteiger partial charge in [-0.3, -0.25) is 9.82 Å². The Hall–Kier alpha value is -2.92. The molecule has 1 aliphatic carbocycles. The van der Waals surface area contributed by atoms with Crippen LogP contribution in [0.25, 0.3) is 0 Å². The molecular formula is C19H20ClFN6O3S. The minimum Gasteiger partial charge on any atom is -0.488 e. The van der Waals surface area contributed by atoms with Gasteiger partial charge in [0.2, 0.25) is 0 Å². The highest BCUT2D eigenvalue weighted by Crippen LogP contribution is 2.40. The summed E-state index contributed by atoms with van der Waals surface area (Å²) in [5, 5.41) is 6.28. The van der Waals surface area contributed by atoms with Gasteiger partial charge in [0.05, 0.1) is 6.20 Å². The zero-order valence-corrected chi connectivity index (χ0v) is 17.8. The molecular weight excluding hydrogens is 447 g/mol. The predicted octanol–water partition coefficient (Wildman–Crippen LogP) is 3.48. The Balaban J connectivity index is 1.59. The van der Waals surface area contributed by atoms with E-state index in [9.17, 15) is 12.8 Å². The molecule has 3 aromatic rings. The minimum absolute atomic E-state index is 0.00796. The number of ether oxygens (including phenoxy) is 1. The van der Waals surface area contributed by atoms with Crippen molar-refractivity contribution >= 4 is 33.3 Å². The second-order valence-corrected chi connectivity index (χ2v) is 9.20. The number of nitrogens with one attached hydrogen (secondary N) is 2. The lowest BCUT2D eigenvalue weighted by molar-refractivity contribution is 0.130. The van der Waals surface area contributed by atoms with Crippen molar-refractivity contribution in [1.29, 1.82) is 0 Å². The van der Waals surface area contributed by atoms with E-state index in [1.807, 2.05) is 0 Å². The van der Waals surface area contributed by atoms with E-state index in [2.05, 4.69) is 24.9 Å². The van der Waals surface area contributed by atoms with E-state index < -0.39 is 25.8 Å². The van der Waals surface area contributed by atoms with Gasteiger partial charge >= 0.3 is 0 Å². The maximum Gasteiger partial charge on any atom is 0.266 e. The lowest BCUT2D eigenvalue weighted by Gasteiger charge is -2.32. The Labute approximate surface area is 183 Å². The van der Waals surface area contributed by atoms with Crippen molar-refractivity contribution in [2.75, 3.05) is 10.5 Å². The van der Waals surface area contributed by atoms with Gasteiger partial charge in [-0.2, -0.15) is 5.10 Å². The average Bonchev–Trinajstić information content (AvgIpc) is 3.18. The number of hydrogen-bond acceptors (Lipinski definition) is 7. The van der Waals surface area contributed by atoms with Gasteiger partial charge in [-0.25, -0.2) is 22.8 Å². The normalized spacial score (nSPS) is 19.2. The van der Waals surface area contributed by atoms with E-state index in [1.54, 1.807) is 6.20 Å². The maximum absolute atomic E-state index is 15.0. The Bertz CT molecular complexity index is 1170. The van der Waals surface area contributed by atoms with Crippen molar-refractivity contribution in [3.63, 3.8) is 0 Å². The molecule has 0 radical (unpaired) electrons. The first-order chi connectivity index (χ1) is 14.9. The summed E-state index contributed by atoms with van der Waals surface area (Å²) in [6.45, 7) is 0. The second-order valence-electron chi connectivity index (χ2n) is 7.18. The number of nitrogens with two attached hydrogens (primary N) is 1. The number of aromatic nitrogens is 4. The van der Waals surface area contributed by atoms with E-state index in [1.165, 1.54) is 24.7 Å². The highest BCUT2D eigenvalue weighted by Gasteiger charge is 2.32. The number of nitrogen functional groups attached to an aromatic ring is 1. The number of benzene rings is 1. The number of nitrogens with zero attached hydrogens (tertiary/aromatic N) is 3. The molecule has 12 heteroatoms. The summed E-state index contributed by atoms with van der Waals surface area (Å²) < 4.78 is 48.4. The highest BCUT2D eigenvalue weighted by atomic mass is 35.5. The highest BCUT2D eigenvalue weighted by molar-refractivity contribution is 7.92. The molecule has 0 bridgehead atoms. The number of halogens is 2. The Kier molecular flexibility index (Phi) is 5.96. The first-order valence-corrected chi connectivity index (χ1v) is 11.4. The largest absolute Gasteiger partial charge is 0.488 e. The van der Waals surface area contributed by atoms with Gasteiger partial charge in [0.25, 0.3) is 10.0 Å². The van der Waals surface area contributed by atoms with Crippen molar-refractivity contribution in [2.45, 2.75) is 42.6 Å². The third-order valence-corrected chi connectivity index (χ3v) is 6.93. The molecule has 164 valence electrons. The number of H-pyrrole nitrogens is 1. The molecule has 1 aliphatic rings. The molecule has 4 rings (SSSR count). The molecule has 1 aromatic carbocycles. The molecule has 9 nitrogen and oxygen atoms in total. The monoisotopic (exact) mass is 466 g/mol. The lowest BCUT2D eigenvalue weighted by Crippen LogP contribution is -2.29. The average molecular weight is 467 g/mol. The molecule has 0 amide bonds. The molecule has 4 N–H and O–H groups in total. The van der Waals surface area contributed by atoms with E-state index in [0.29, 0.717) is 5.82 Å². The van der Waals surface area contributed by atoms with Crippen LogP contribution in [0, 0.1) is 5.82 Å². The van der Waals surface area contributed by atoms with Gasteiger partial charge in [-0.15, -0.1) is 0 Å². The SMILES string of the molecule is Nc1[nH]ncc1C1CCCCC1Oc1ccc(S(=O)(=O)Nc2ccncn2)c(F)c1Cl. The van der Waals surface area contributed by atoms with Crippen LogP contribution < -0.4 is 15.2 Å². The van der Waals surface area contributed by atoms with Crippen LogP contribution in [0.2, 0.25) is 5.02 Å². The van der Waals surface area contributed by atoms with Crippen molar-refractivity contribution in [3.05, 3.63) is 53.3 Å². The van der Waals surface area contributed by atoms with Gasteiger partial charge < -0.3 is 10.5 Å². The summed E-state index contributed by atoms with van der Waals surface area (Å²) in [5.74, 6) is -0.590. The van der Waals surface area contributed by atoms with Crippen LogP contribution in [0.4, 0.5) is 16.0 Å². The molecule has 2 unspecified atom stereocenters. The third kappa shape index (κ3) is 4.42.